The van der Waals surface area contributed by atoms with Crippen LogP contribution in [0.2, 0.25) is 0 Å². The van der Waals surface area contributed by atoms with E-state index in [2.05, 4.69) is 11.8 Å². The highest BCUT2D eigenvalue weighted by atomic mass is 32.2. The normalized spacial score (nSPS) is 32.8. The second kappa shape index (κ2) is 10.2. The molecule has 3 rings (SSSR count). The van der Waals surface area contributed by atoms with E-state index in [0.717, 1.165) is 41.8 Å². The van der Waals surface area contributed by atoms with Gasteiger partial charge in [0, 0.05) is 11.7 Å². The lowest BCUT2D eigenvalue weighted by Gasteiger charge is -2.32. The number of carbonyl (C=O) groups is 1. The van der Waals surface area contributed by atoms with Gasteiger partial charge in [0.15, 0.2) is 0 Å². The Morgan fingerprint density at radius 1 is 0.880 bits per heavy atom. The fourth-order valence-electron chi connectivity index (χ4n) is 5.81. The number of carboxylic acids is 1. The number of unbranched alkanes of at least 4 members (excludes halogenated alkanes) is 3. The van der Waals surface area contributed by atoms with Gasteiger partial charge in [-0.3, -0.25) is 4.79 Å². The first-order valence-electron chi connectivity index (χ1n) is 11.1. The van der Waals surface area contributed by atoms with Crippen molar-refractivity contribution in [2.75, 3.05) is 5.75 Å². The molecule has 2 bridgehead atoms. The van der Waals surface area contributed by atoms with E-state index < -0.39 is 5.97 Å². The van der Waals surface area contributed by atoms with E-state index in [-0.39, 0.29) is 0 Å². The maximum Gasteiger partial charge on any atom is 0.303 e. The molecule has 0 saturated heterocycles. The van der Waals surface area contributed by atoms with E-state index in [1.54, 1.807) is 0 Å². The van der Waals surface area contributed by atoms with Crippen molar-refractivity contribution in [1.82, 2.24) is 0 Å². The molecule has 1 N–H and O–H groups in total. The van der Waals surface area contributed by atoms with E-state index in [4.69, 9.17) is 5.11 Å². The van der Waals surface area contributed by atoms with E-state index in [9.17, 15) is 4.79 Å². The molecule has 4 atom stereocenters. The summed E-state index contributed by atoms with van der Waals surface area (Å²) < 4.78 is 0. The summed E-state index contributed by atoms with van der Waals surface area (Å²) >= 11 is 2.37. The number of hydrogen-bond acceptors (Lipinski definition) is 2. The zero-order valence-corrected chi connectivity index (χ0v) is 16.8. The molecule has 3 saturated carbocycles. The van der Waals surface area contributed by atoms with Gasteiger partial charge in [0.1, 0.15) is 0 Å². The summed E-state index contributed by atoms with van der Waals surface area (Å²) in [6, 6.07) is 0. The van der Waals surface area contributed by atoms with E-state index in [1.807, 2.05) is 0 Å². The molecule has 0 aromatic carbocycles. The minimum Gasteiger partial charge on any atom is -0.481 e. The average molecular weight is 367 g/mol. The van der Waals surface area contributed by atoms with Crippen LogP contribution in [0.3, 0.4) is 0 Å². The smallest absolute Gasteiger partial charge is 0.303 e. The van der Waals surface area contributed by atoms with Crippen LogP contribution in [-0.2, 0) is 4.79 Å². The van der Waals surface area contributed by atoms with Gasteiger partial charge in [-0.1, -0.05) is 44.9 Å². The molecule has 0 spiro atoms. The van der Waals surface area contributed by atoms with Crippen molar-refractivity contribution < 1.29 is 9.90 Å². The third kappa shape index (κ3) is 5.91. The van der Waals surface area contributed by atoms with Crippen LogP contribution in [0.5, 0.6) is 0 Å². The molecular weight excluding hydrogens is 328 g/mol. The Labute approximate surface area is 158 Å². The van der Waals surface area contributed by atoms with Gasteiger partial charge < -0.3 is 5.11 Å². The van der Waals surface area contributed by atoms with E-state index >= 15 is 0 Å². The molecule has 0 aliphatic heterocycles. The first kappa shape index (κ1) is 19.6. The number of hydrogen-bond donors (Lipinski definition) is 1. The molecule has 0 aromatic heterocycles. The Morgan fingerprint density at radius 2 is 1.60 bits per heavy atom. The lowest BCUT2D eigenvalue weighted by molar-refractivity contribution is -0.137. The van der Waals surface area contributed by atoms with Crippen LogP contribution in [0.4, 0.5) is 0 Å². The van der Waals surface area contributed by atoms with Crippen LogP contribution >= 0.6 is 11.8 Å². The van der Waals surface area contributed by atoms with Gasteiger partial charge in [0.2, 0.25) is 0 Å². The highest BCUT2D eigenvalue weighted by Crippen LogP contribution is 2.55. The predicted octanol–water partition coefficient (Wildman–Crippen LogP) is 6.53. The fourth-order valence-corrected chi connectivity index (χ4v) is 7.76. The van der Waals surface area contributed by atoms with Gasteiger partial charge in [-0.25, -0.2) is 0 Å². The summed E-state index contributed by atoms with van der Waals surface area (Å²) in [7, 11) is 0. The van der Waals surface area contributed by atoms with Crippen molar-refractivity contribution in [1.29, 1.82) is 0 Å². The Kier molecular flexibility index (Phi) is 8.01. The molecule has 3 aliphatic carbocycles. The fraction of sp³-hybridized carbons (Fsp3) is 0.955. The third-order valence-corrected chi connectivity index (χ3v) is 8.97. The zero-order valence-electron chi connectivity index (χ0n) is 16.0. The SMILES string of the molecule is O=C(O)CCCCCCC1C2CCC(C2)C1SCC1CCCCCC1. The Bertz CT molecular complexity index is 403. The third-order valence-electron chi connectivity index (χ3n) is 7.18. The van der Waals surface area contributed by atoms with Gasteiger partial charge in [-0.05, 0) is 74.4 Å². The topological polar surface area (TPSA) is 37.3 Å². The van der Waals surface area contributed by atoms with Gasteiger partial charge in [0.25, 0.3) is 0 Å². The molecule has 144 valence electrons. The van der Waals surface area contributed by atoms with Crippen LogP contribution in [-0.4, -0.2) is 22.1 Å². The molecule has 3 aliphatic rings. The van der Waals surface area contributed by atoms with Crippen LogP contribution in [0.15, 0.2) is 0 Å². The Morgan fingerprint density at radius 3 is 2.36 bits per heavy atom. The highest BCUT2D eigenvalue weighted by molar-refractivity contribution is 7.99. The van der Waals surface area contributed by atoms with Gasteiger partial charge in [-0.2, -0.15) is 11.8 Å². The number of carboxylic acid groups (broad SMARTS) is 1. The van der Waals surface area contributed by atoms with Crippen LogP contribution < -0.4 is 0 Å². The van der Waals surface area contributed by atoms with Crippen molar-refractivity contribution in [3.63, 3.8) is 0 Å². The van der Waals surface area contributed by atoms with Gasteiger partial charge >= 0.3 is 5.97 Å². The second-order valence-corrected chi connectivity index (χ2v) is 10.2. The predicted molar refractivity (Wildman–Crippen MR) is 107 cm³/mol. The summed E-state index contributed by atoms with van der Waals surface area (Å²) in [6.45, 7) is 0. The maximum absolute atomic E-state index is 10.6. The summed E-state index contributed by atoms with van der Waals surface area (Å²) in [6.07, 6.45) is 19.7. The number of aliphatic carboxylic acids is 1. The molecular formula is C22H38O2S. The quantitative estimate of drug-likeness (QED) is 0.353. The summed E-state index contributed by atoms with van der Waals surface area (Å²) in [5.41, 5.74) is 0. The monoisotopic (exact) mass is 366 g/mol. The molecule has 3 heteroatoms. The van der Waals surface area contributed by atoms with Crippen molar-refractivity contribution in [2.45, 2.75) is 102 Å². The minimum atomic E-state index is -0.636. The van der Waals surface area contributed by atoms with Crippen LogP contribution in [0, 0.1) is 23.7 Å². The summed E-state index contributed by atoms with van der Waals surface area (Å²) in [4.78, 5) is 10.6. The van der Waals surface area contributed by atoms with Gasteiger partial charge in [0.05, 0.1) is 0 Å². The summed E-state index contributed by atoms with van der Waals surface area (Å²) in [5.74, 6) is 4.83. The first-order valence-corrected chi connectivity index (χ1v) is 12.1. The van der Waals surface area contributed by atoms with Crippen molar-refractivity contribution in [2.24, 2.45) is 23.7 Å². The highest BCUT2D eigenvalue weighted by Gasteiger charge is 2.47. The molecule has 25 heavy (non-hydrogen) atoms. The van der Waals surface area contributed by atoms with Gasteiger partial charge in [-0.15, -0.1) is 0 Å². The average Bonchev–Trinajstić information content (AvgIpc) is 3.09. The summed E-state index contributed by atoms with van der Waals surface area (Å²) in [5, 5.41) is 9.69. The number of fused-ring (bicyclic) bond motifs is 2. The van der Waals surface area contributed by atoms with E-state index in [1.165, 1.54) is 82.8 Å². The molecule has 0 heterocycles. The van der Waals surface area contributed by atoms with Crippen molar-refractivity contribution in [3.8, 4) is 0 Å². The van der Waals surface area contributed by atoms with Crippen molar-refractivity contribution in [3.05, 3.63) is 0 Å². The maximum atomic E-state index is 10.6. The minimum absolute atomic E-state index is 0.355. The van der Waals surface area contributed by atoms with E-state index in [0.29, 0.717) is 6.42 Å². The number of thioether (sulfide) groups is 1. The molecule has 0 aromatic rings. The molecule has 3 fully saturated rings. The largest absolute Gasteiger partial charge is 0.481 e. The standard InChI is InChI=1S/C22H38O2S/c23-21(24)12-8-4-3-7-11-20-18-13-14-19(15-18)22(20)25-16-17-9-5-1-2-6-10-17/h17-20,22H,1-16H2,(H,23,24). The Balaban J connectivity index is 1.38. The molecule has 2 nitrogen and oxygen atoms in total. The molecule has 0 amide bonds. The Hall–Kier alpha value is -0.180. The first-order chi connectivity index (χ1) is 12.2. The zero-order chi connectivity index (χ0) is 17.5. The number of rotatable bonds is 10. The lowest BCUT2D eigenvalue weighted by Crippen LogP contribution is -2.26. The molecule has 0 radical (unpaired) electrons. The van der Waals surface area contributed by atoms with Crippen LogP contribution in [0.1, 0.15) is 96.3 Å². The lowest BCUT2D eigenvalue weighted by atomic mass is 9.84. The molecule has 4 unspecified atom stereocenters. The second-order valence-electron chi connectivity index (χ2n) is 9.00. The van der Waals surface area contributed by atoms with Crippen molar-refractivity contribution >= 4 is 17.7 Å². The van der Waals surface area contributed by atoms with Crippen LogP contribution in [0.25, 0.3) is 0 Å².